The number of nitrogens with zero attached hydrogens (tertiary/aromatic N) is 2. The van der Waals surface area contributed by atoms with Gasteiger partial charge >= 0.3 is 5.69 Å². The Morgan fingerprint density at radius 1 is 1.15 bits per heavy atom. The van der Waals surface area contributed by atoms with Gasteiger partial charge in [-0.15, -0.1) is 0 Å². The first kappa shape index (κ1) is 13.8. The molecule has 0 radical (unpaired) electrons. The number of rotatable bonds is 4. The van der Waals surface area contributed by atoms with Gasteiger partial charge in [0.15, 0.2) is 0 Å². The summed E-state index contributed by atoms with van der Waals surface area (Å²) in [5, 5.41) is 14.0. The fraction of sp³-hybridized carbons (Fsp3) is 0.143. The lowest BCUT2D eigenvalue weighted by Gasteiger charge is -2.20. The molecule has 0 saturated heterocycles. The van der Waals surface area contributed by atoms with Crippen molar-refractivity contribution in [2.24, 2.45) is 0 Å². The van der Waals surface area contributed by atoms with E-state index in [9.17, 15) is 14.5 Å². The van der Waals surface area contributed by atoms with Crippen LogP contribution in [0.25, 0.3) is 0 Å². The lowest BCUT2D eigenvalue weighted by molar-refractivity contribution is -0.383. The molecule has 5 nitrogen and oxygen atoms in total. The summed E-state index contributed by atoms with van der Waals surface area (Å²) in [5.41, 5.74) is 0.909. The van der Waals surface area contributed by atoms with Crippen LogP contribution in [0.2, 0.25) is 0 Å². The second kappa shape index (κ2) is 5.56. The topological polar surface area (TPSA) is 58.4 Å². The van der Waals surface area contributed by atoms with E-state index in [-0.39, 0.29) is 11.4 Å². The van der Waals surface area contributed by atoms with Gasteiger partial charge in [0.05, 0.1) is 10.6 Å². The third-order valence-electron chi connectivity index (χ3n) is 3.04. The van der Waals surface area contributed by atoms with Crippen LogP contribution < -0.4 is 10.2 Å². The highest BCUT2D eigenvalue weighted by Crippen LogP contribution is 2.38. The van der Waals surface area contributed by atoms with E-state index in [2.05, 4.69) is 5.32 Å². The van der Waals surface area contributed by atoms with E-state index in [0.29, 0.717) is 11.4 Å². The van der Waals surface area contributed by atoms with Crippen LogP contribution >= 0.6 is 0 Å². The Bertz CT molecular complexity index is 646. The molecule has 20 heavy (non-hydrogen) atoms. The quantitative estimate of drug-likeness (QED) is 0.685. The zero-order valence-electron chi connectivity index (χ0n) is 11.1. The number of anilines is 3. The van der Waals surface area contributed by atoms with E-state index >= 15 is 0 Å². The summed E-state index contributed by atoms with van der Waals surface area (Å²) in [6.45, 7) is 0. The normalized spacial score (nSPS) is 10.2. The zero-order chi connectivity index (χ0) is 14.7. The third-order valence-corrected chi connectivity index (χ3v) is 3.04. The maximum atomic E-state index is 13.8. The molecule has 0 heterocycles. The molecule has 0 bridgehead atoms. The summed E-state index contributed by atoms with van der Waals surface area (Å²) in [5.74, 6) is -0.431. The minimum absolute atomic E-state index is 0.0826. The van der Waals surface area contributed by atoms with Crippen LogP contribution in [0.5, 0.6) is 0 Å². The molecule has 0 spiro atoms. The molecule has 0 saturated carbocycles. The maximum Gasteiger partial charge on any atom is 0.315 e. The van der Waals surface area contributed by atoms with E-state index in [1.807, 2.05) is 0 Å². The molecular formula is C14H14FN3O2. The van der Waals surface area contributed by atoms with Crippen molar-refractivity contribution in [1.29, 1.82) is 0 Å². The molecule has 104 valence electrons. The Morgan fingerprint density at radius 2 is 1.80 bits per heavy atom. The fourth-order valence-electron chi connectivity index (χ4n) is 2.05. The molecule has 2 aromatic rings. The summed E-state index contributed by atoms with van der Waals surface area (Å²) < 4.78 is 13.8. The SMILES string of the molecule is CNc1cccc(N(C)c2ccccc2F)c1[N+](=O)[O-]. The Kier molecular flexibility index (Phi) is 3.84. The Labute approximate surface area is 115 Å². The standard InChI is InChI=1S/C14H14FN3O2/c1-16-11-7-5-9-13(14(11)18(19)20)17(2)12-8-4-3-6-10(12)15/h3-9,16H,1-2H3. The number of para-hydroxylation sites is 2. The predicted molar refractivity (Wildman–Crippen MR) is 77.1 cm³/mol. The number of nitro benzene ring substituents is 1. The molecule has 2 aromatic carbocycles. The van der Waals surface area contributed by atoms with E-state index in [4.69, 9.17) is 0 Å². The number of benzene rings is 2. The molecule has 0 atom stereocenters. The van der Waals surface area contributed by atoms with E-state index in [1.165, 1.54) is 11.0 Å². The second-order valence-electron chi connectivity index (χ2n) is 4.19. The Morgan fingerprint density at radius 3 is 2.40 bits per heavy atom. The average Bonchev–Trinajstić information content (AvgIpc) is 2.46. The molecule has 0 unspecified atom stereocenters. The van der Waals surface area contributed by atoms with Gasteiger partial charge < -0.3 is 10.2 Å². The van der Waals surface area contributed by atoms with Gasteiger partial charge in [-0.1, -0.05) is 18.2 Å². The van der Waals surface area contributed by atoms with Gasteiger partial charge in [-0.05, 0) is 24.3 Å². The van der Waals surface area contributed by atoms with Crippen LogP contribution in [0.1, 0.15) is 0 Å². The molecule has 2 rings (SSSR count). The highest BCUT2D eigenvalue weighted by molar-refractivity contribution is 5.80. The van der Waals surface area contributed by atoms with E-state index < -0.39 is 10.7 Å². The summed E-state index contributed by atoms with van der Waals surface area (Å²) in [6.07, 6.45) is 0. The predicted octanol–water partition coefficient (Wildman–Crippen LogP) is 3.54. The second-order valence-corrected chi connectivity index (χ2v) is 4.19. The van der Waals surface area contributed by atoms with Gasteiger partial charge in [0.2, 0.25) is 0 Å². The summed E-state index contributed by atoms with van der Waals surface area (Å²) in [4.78, 5) is 12.3. The molecule has 6 heteroatoms. The summed E-state index contributed by atoms with van der Waals surface area (Å²) in [6, 6.07) is 11.0. The van der Waals surface area contributed by atoms with E-state index in [0.717, 1.165) is 0 Å². The minimum Gasteiger partial charge on any atom is -0.382 e. The maximum absolute atomic E-state index is 13.8. The third kappa shape index (κ3) is 2.40. The first-order valence-corrected chi connectivity index (χ1v) is 5.99. The first-order chi connectivity index (χ1) is 9.56. The van der Waals surface area contributed by atoms with Crippen molar-refractivity contribution < 1.29 is 9.31 Å². The highest BCUT2D eigenvalue weighted by Gasteiger charge is 2.23. The van der Waals surface area contributed by atoms with Crippen LogP contribution in [0.3, 0.4) is 0 Å². The summed E-state index contributed by atoms with van der Waals surface area (Å²) in [7, 11) is 3.20. The van der Waals surface area contributed by atoms with Gasteiger partial charge in [0.25, 0.3) is 0 Å². The van der Waals surface area contributed by atoms with Crippen LogP contribution in [-0.2, 0) is 0 Å². The number of nitrogens with one attached hydrogen (secondary N) is 1. The minimum atomic E-state index is -0.474. The van der Waals surface area contributed by atoms with Crippen LogP contribution in [-0.4, -0.2) is 19.0 Å². The zero-order valence-corrected chi connectivity index (χ0v) is 11.1. The van der Waals surface area contributed by atoms with Gasteiger partial charge in [0, 0.05) is 14.1 Å². The molecule has 0 aromatic heterocycles. The smallest absolute Gasteiger partial charge is 0.315 e. The summed E-state index contributed by atoms with van der Waals surface area (Å²) >= 11 is 0. The van der Waals surface area contributed by atoms with Gasteiger partial charge in [0.1, 0.15) is 17.2 Å². The fourth-order valence-corrected chi connectivity index (χ4v) is 2.05. The Balaban J connectivity index is 2.58. The largest absolute Gasteiger partial charge is 0.382 e. The van der Waals surface area contributed by atoms with Crippen molar-refractivity contribution in [2.45, 2.75) is 0 Å². The highest BCUT2D eigenvalue weighted by atomic mass is 19.1. The number of hydrogen-bond donors (Lipinski definition) is 1. The van der Waals surface area contributed by atoms with Gasteiger partial charge in [-0.2, -0.15) is 0 Å². The lowest BCUT2D eigenvalue weighted by Crippen LogP contribution is -2.13. The van der Waals surface area contributed by atoms with Crippen molar-refractivity contribution in [3.8, 4) is 0 Å². The van der Waals surface area contributed by atoms with Crippen LogP contribution in [0.4, 0.5) is 27.1 Å². The molecule has 0 amide bonds. The molecule has 1 N–H and O–H groups in total. The molecular weight excluding hydrogens is 261 g/mol. The number of hydrogen-bond acceptors (Lipinski definition) is 4. The van der Waals surface area contributed by atoms with Gasteiger partial charge in [-0.25, -0.2) is 4.39 Å². The molecule has 0 fully saturated rings. The van der Waals surface area contributed by atoms with Crippen LogP contribution in [0, 0.1) is 15.9 Å². The van der Waals surface area contributed by atoms with Crippen LogP contribution in [0.15, 0.2) is 42.5 Å². The Hall–Kier alpha value is -2.63. The monoisotopic (exact) mass is 275 g/mol. The molecule has 0 aliphatic carbocycles. The first-order valence-electron chi connectivity index (χ1n) is 5.99. The van der Waals surface area contributed by atoms with Crippen molar-refractivity contribution in [1.82, 2.24) is 0 Å². The van der Waals surface area contributed by atoms with Crippen molar-refractivity contribution in [3.63, 3.8) is 0 Å². The average molecular weight is 275 g/mol. The van der Waals surface area contributed by atoms with E-state index in [1.54, 1.807) is 50.5 Å². The van der Waals surface area contributed by atoms with Crippen molar-refractivity contribution >= 4 is 22.7 Å². The number of halogens is 1. The molecule has 0 aliphatic rings. The van der Waals surface area contributed by atoms with Gasteiger partial charge in [-0.3, -0.25) is 10.1 Å². The van der Waals surface area contributed by atoms with Crippen molar-refractivity contribution in [2.75, 3.05) is 24.3 Å². The van der Waals surface area contributed by atoms with Crippen molar-refractivity contribution in [3.05, 3.63) is 58.4 Å². The number of nitro groups is 1. The molecule has 0 aliphatic heterocycles. The lowest BCUT2D eigenvalue weighted by atomic mass is 10.2.